The lowest BCUT2D eigenvalue weighted by atomic mass is 10.2. The number of halogens is 1. The maximum Gasteiger partial charge on any atom is 0.240 e. The van der Waals surface area contributed by atoms with Crippen LogP contribution in [0.5, 0.6) is 0 Å². The van der Waals surface area contributed by atoms with Crippen molar-refractivity contribution >= 4 is 23.5 Å². The van der Waals surface area contributed by atoms with Crippen LogP contribution < -0.4 is 10.6 Å². The second-order valence-electron chi connectivity index (χ2n) is 3.89. The topological polar surface area (TPSA) is 66.9 Å². The maximum atomic E-state index is 11.6. The Morgan fingerprint density at radius 3 is 2.82 bits per heavy atom. The molecule has 0 aliphatic carbocycles. The summed E-state index contributed by atoms with van der Waals surface area (Å²) < 4.78 is 0. The van der Waals surface area contributed by atoms with Crippen molar-refractivity contribution in [3.8, 4) is 0 Å². The molecule has 0 saturated heterocycles. The Morgan fingerprint density at radius 2 is 2.24 bits per heavy atom. The van der Waals surface area contributed by atoms with Crippen LogP contribution in [0.25, 0.3) is 0 Å². The fourth-order valence-corrected chi connectivity index (χ4v) is 1.40. The van der Waals surface area contributed by atoms with E-state index in [0.29, 0.717) is 11.2 Å². The van der Waals surface area contributed by atoms with E-state index in [2.05, 4.69) is 27.5 Å². The minimum absolute atomic E-state index is 0.174. The smallest absolute Gasteiger partial charge is 0.240 e. The van der Waals surface area contributed by atoms with Crippen LogP contribution in [0.4, 0.5) is 5.95 Å². The monoisotopic (exact) mass is 256 g/mol. The van der Waals surface area contributed by atoms with Crippen LogP contribution in [0.15, 0.2) is 6.07 Å². The minimum atomic E-state index is -0.174. The van der Waals surface area contributed by atoms with Crippen LogP contribution in [0, 0.1) is 6.92 Å². The molecule has 0 fully saturated rings. The van der Waals surface area contributed by atoms with Gasteiger partial charge in [-0.15, -0.1) is 0 Å². The predicted octanol–water partition coefficient (Wildman–Crippen LogP) is 1.77. The summed E-state index contributed by atoms with van der Waals surface area (Å²) in [6.07, 6.45) is 0.972. The molecule has 6 heteroatoms. The Labute approximate surface area is 106 Å². The molecule has 17 heavy (non-hydrogen) atoms. The highest BCUT2D eigenvalue weighted by Crippen LogP contribution is 2.09. The Morgan fingerprint density at radius 1 is 1.53 bits per heavy atom. The number of carbonyl (C=O) groups excluding carboxylic acids is 1. The molecule has 1 rings (SSSR count). The number of aromatic nitrogens is 2. The van der Waals surface area contributed by atoms with E-state index < -0.39 is 0 Å². The van der Waals surface area contributed by atoms with E-state index in [-0.39, 0.29) is 18.4 Å². The number of hydrogen-bond donors (Lipinski definition) is 2. The highest BCUT2D eigenvalue weighted by molar-refractivity contribution is 6.29. The van der Waals surface area contributed by atoms with Crippen LogP contribution in [-0.2, 0) is 4.79 Å². The minimum Gasteiger partial charge on any atom is -0.306 e. The summed E-state index contributed by atoms with van der Waals surface area (Å²) in [5.41, 5.74) is 0.718. The molecule has 0 saturated carbocycles. The lowest BCUT2D eigenvalue weighted by Gasteiger charge is -2.10. The van der Waals surface area contributed by atoms with Gasteiger partial charge in [-0.3, -0.25) is 10.1 Å². The third-order valence-electron chi connectivity index (χ3n) is 2.30. The zero-order chi connectivity index (χ0) is 12.8. The van der Waals surface area contributed by atoms with Crippen LogP contribution in [0.1, 0.15) is 26.0 Å². The quantitative estimate of drug-likeness (QED) is 0.788. The lowest BCUT2D eigenvalue weighted by molar-refractivity contribution is -0.115. The number of anilines is 1. The molecule has 0 bridgehead atoms. The Bertz CT molecular complexity index is 377. The number of rotatable bonds is 5. The van der Waals surface area contributed by atoms with Crippen LogP contribution in [-0.4, -0.2) is 28.5 Å². The second kappa shape index (κ2) is 6.51. The zero-order valence-corrected chi connectivity index (χ0v) is 11.0. The van der Waals surface area contributed by atoms with Crippen LogP contribution in [0.2, 0.25) is 5.15 Å². The highest BCUT2D eigenvalue weighted by Gasteiger charge is 2.07. The molecule has 1 amide bonds. The van der Waals surface area contributed by atoms with Crippen molar-refractivity contribution in [3.05, 3.63) is 16.9 Å². The summed E-state index contributed by atoms with van der Waals surface area (Å²) in [6.45, 7) is 6.11. The first-order chi connectivity index (χ1) is 8.01. The number of nitrogens with one attached hydrogen (secondary N) is 2. The van der Waals surface area contributed by atoms with Crippen LogP contribution >= 0.6 is 11.6 Å². The fourth-order valence-electron chi connectivity index (χ4n) is 1.17. The summed E-state index contributed by atoms with van der Waals surface area (Å²) in [5.74, 6) is 0.0675. The number of aryl methyl sites for hydroxylation is 1. The standard InChI is InChI=1S/C11H17ClN4O/c1-4-7(2)13-6-10(17)16-11-14-8(3)5-9(12)15-11/h5,7,13H,4,6H2,1-3H3,(H,14,15,16,17). The SMILES string of the molecule is CCC(C)NCC(=O)Nc1nc(C)cc(Cl)n1. The number of nitrogens with zero attached hydrogens (tertiary/aromatic N) is 2. The molecular weight excluding hydrogens is 240 g/mol. The summed E-state index contributed by atoms with van der Waals surface area (Å²) in [7, 11) is 0. The molecule has 0 spiro atoms. The molecule has 2 N–H and O–H groups in total. The van der Waals surface area contributed by atoms with Gasteiger partial charge in [-0.2, -0.15) is 0 Å². The molecule has 1 unspecified atom stereocenters. The molecule has 0 radical (unpaired) electrons. The van der Waals surface area contributed by atoms with Crippen molar-refractivity contribution in [2.75, 3.05) is 11.9 Å². The van der Waals surface area contributed by atoms with Gasteiger partial charge in [0.2, 0.25) is 11.9 Å². The number of amides is 1. The van der Waals surface area contributed by atoms with Gasteiger partial charge in [0, 0.05) is 11.7 Å². The molecule has 0 aliphatic heterocycles. The molecule has 5 nitrogen and oxygen atoms in total. The Kier molecular flexibility index (Phi) is 5.31. The van der Waals surface area contributed by atoms with Gasteiger partial charge < -0.3 is 5.32 Å². The predicted molar refractivity (Wildman–Crippen MR) is 68.2 cm³/mol. The average molecular weight is 257 g/mol. The van der Waals surface area contributed by atoms with Gasteiger partial charge in [-0.05, 0) is 26.3 Å². The van der Waals surface area contributed by atoms with Gasteiger partial charge in [-0.1, -0.05) is 18.5 Å². The van der Waals surface area contributed by atoms with Crippen molar-refractivity contribution in [2.24, 2.45) is 0 Å². The first-order valence-electron chi connectivity index (χ1n) is 5.55. The highest BCUT2D eigenvalue weighted by atomic mass is 35.5. The van der Waals surface area contributed by atoms with Gasteiger partial charge in [0.25, 0.3) is 0 Å². The van der Waals surface area contributed by atoms with Crippen molar-refractivity contribution in [2.45, 2.75) is 33.2 Å². The molecule has 0 aromatic carbocycles. The van der Waals surface area contributed by atoms with E-state index >= 15 is 0 Å². The Hall–Kier alpha value is -1.20. The van der Waals surface area contributed by atoms with E-state index in [4.69, 9.17) is 11.6 Å². The third-order valence-corrected chi connectivity index (χ3v) is 2.49. The summed E-state index contributed by atoms with van der Waals surface area (Å²) in [5, 5.41) is 6.00. The summed E-state index contributed by atoms with van der Waals surface area (Å²) >= 11 is 5.77. The van der Waals surface area contributed by atoms with Crippen LogP contribution in [0.3, 0.4) is 0 Å². The molecule has 1 heterocycles. The van der Waals surface area contributed by atoms with E-state index in [1.165, 1.54) is 0 Å². The van der Waals surface area contributed by atoms with Crippen molar-refractivity contribution in [1.82, 2.24) is 15.3 Å². The van der Waals surface area contributed by atoms with Gasteiger partial charge >= 0.3 is 0 Å². The fraction of sp³-hybridized carbons (Fsp3) is 0.545. The normalized spacial score (nSPS) is 12.2. The van der Waals surface area contributed by atoms with Crippen molar-refractivity contribution in [3.63, 3.8) is 0 Å². The molecular formula is C11H17ClN4O. The molecule has 0 aliphatic rings. The summed E-state index contributed by atoms with van der Waals surface area (Å²) in [4.78, 5) is 19.5. The molecule has 1 aromatic rings. The first kappa shape index (κ1) is 13.9. The van der Waals surface area contributed by atoms with E-state index in [9.17, 15) is 4.79 Å². The molecule has 94 valence electrons. The van der Waals surface area contributed by atoms with Crippen molar-refractivity contribution < 1.29 is 4.79 Å². The van der Waals surface area contributed by atoms with Crippen molar-refractivity contribution in [1.29, 1.82) is 0 Å². The Balaban J connectivity index is 2.50. The molecule has 1 atom stereocenters. The maximum absolute atomic E-state index is 11.6. The zero-order valence-electron chi connectivity index (χ0n) is 10.2. The largest absolute Gasteiger partial charge is 0.306 e. The summed E-state index contributed by atoms with van der Waals surface area (Å²) in [6, 6.07) is 1.94. The number of carbonyl (C=O) groups is 1. The lowest BCUT2D eigenvalue weighted by Crippen LogP contribution is -2.34. The van der Waals surface area contributed by atoms with E-state index in [1.54, 1.807) is 13.0 Å². The third kappa shape index (κ3) is 5.10. The van der Waals surface area contributed by atoms with Gasteiger partial charge in [0.1, 0.15) is 5.15 Å². The molecule has 1 aromatic heterocycles. The van der Waals surface area contributed by atoms with Gasteiger partial charge in [-0.25, -0.2) is 9.97 Å². The average Bonchev–Trinajstić information content (AvgIpc) is 2.24. The van der Waals surface area contributed by atoms with E-state index in [0.717, 1.165) is 12.1 Å². The number of hydrogen-bond acceptors (Lipinski definition) is 4. The van der Waals surface area contributed by atoms with E-state index in [1.807, 2.05) is 6.92 Å². The second-order valence-corrected chi connectivity index (χ2v) is 4.28. The first-order valence-corrected chi connectivity index (χ1v) is 5.93. The van der Waals surface area contributed by atoms with Gasteiger partial charge in [0.05, 0.1) is 6.54 Å². The van der Waals surface area contributed by atoms with Gasteiger partial charge in [0.15, 0.2) is 0 Å².